The van der Waals surface area contributed by atoms with Crippen LogP contribution in [-0.2, 0) is 17.8 Å². The topological polar surface area (TPSA) is 79.3 Å². The number of aliphatic hydroxyl groups excluding tert-OH is 1. The second kappa shape index (κ2) is 11.1. The number of aromatic nitrogens is 1. The molecule has 0 bridgehead atoms. The molecule has 0 radical (unpaired) electrons. The quantitative estimate of drug-likeness (QED) is 0.499. The van der Waals surface area contributed by atoms with E-state index in [-0.39, 0.29) is 24.7 Å². The van der Waals surface area contributed by atoms with E-state index in [4.69, 9.17) is 0 Å². The highest BCUT2D eigenvalue weighted by Crippen LogP contribution is 2.22. The fourth-order valence-corrected chi connectivity index (χ4v) is 4.29. The molecule has 0 spiro atoms. The predicted octanol–water partition coefficient (Wildman–Crippen LogP) is 3.97. The Morgan fingerprint density at radius 3 is 2.70 bits per heavy atom. The molecule has 0 aliphatic heterocycles. The average Bonchev–Trinajstić information content (AvgIpc) is 3.25. The minimum atomic E-state index is -0.577. The molecule has 0 fully saturated rings. The third kappa shape index (κ3) is 6.01. The average molecular weight is 441 g/mol. The Balaban J connectivity index is 1.69. The Hall–Kier alpha value is -2.48. The minimum absolute atomic E-state index is 0.0512. The van der Waals surface area contributed by atoms with Gasteiger partial charge in [0.05, 0.1) is 24.8 Å². The Kier molecular flexibility index (Phi) is 8.19. The van der Waals surface area contributed by atoms with Crippen molar-refractivity contribution in [2.45, 2.75) is 25.5 Å². The number of rotatable bonds is 10. The monoisotopic (exact) mass is 440 g/mol. The summed E-state index contributed by atoms with van der Waals surface area (Å²) in [7, 11) is 0. The number of amides is 1. The number of hydrogen-bond donors (Lipinski definition) is 2. The van der Waals surface area contributed by atoms with Crippen molar-refractivity contribution in [1.29, 1.82) is 0 Å². The number of hydrogen-bond acceptors (Lipinski definition) is 6. The number of ketones is 1. The van der Waals surface area contributed by atoms with E-state index in [1.54, 1.807) is 36.0 Å². The van der Waals surface area contributed by atoms with Crippen LogP contribution in [0.25, 0.3) is 11.3 Å². The summed E-state index contributed by atoms with van der Waals surface area (Å²) in [4.78, 5) is 30.2. The summed E-state index contributed by atoms with van der Waals surface area (Å²) in [5, 5.41) is 14.8. The standard InChI is InChI=1S/C23H24N2O3S2/c1-29-11-10-19(25-23(28)18-9-5-6-16(12-18)14-26)21(27)13-22-24-20(15-30-22)17-7-3-2-4-8-17/h2-9,12,15,19,26H,10-11,13-14H2,1H3,(H,25,28)/t19-/m0/s1. The molecule has 30 heavy (non-hydrogen) atoms. The summed E-state index contributed by atoms with van der Waals surface area (Å²) < 4.78 is 0. The van der Waals surface area contributed by atoms with Gasteiger partial charge >= 0.3 is 0 Å². The van der Waals surface area contributed by atoms with E-state index in [0.29, 0.717) is 17.5 Å². The summed E-state index contributed by atoms with van der Waals surface area (Å²) >= 11 is 3.09. The van der Waals surface area contributed by atoms with Gasteiger partial charge in [0.15, 0.2) is 5.78 Å². The Labute approximate surface area is 184 Å². The zero-order valence-corrected chi connectivity index (χ0v) is 18.3. The molecule has 0 saturated heterocycles. The summed E-state index contributed by atoms with van der Waals surface area (Å²) in [6.07, 6.45) is 2.72. The van der Waals surface area contributed by atoms with Crippen LogP contribution >= 0.6 is 23.1 Å². The molecule has 156 valence electrons. The molecule has 3 aromatic rings. The highest BCUT2D eigenvalue weighted by molar-refractivity contribution is 7.98. The molecule has 0 aliphatic carbocycles. The van der Waals surface area contributed by atoms with Crippen molar-refractivity contribution in [3.8, 4) is 11.3 Å². The third-order valence-electron chi connectivity index (χ3n) is 4.62. The van der Waals surface area contributed by atoms with Crippen molar-refractivity contribution in [2.24, 2.45) is 0 Å². The molecule has 1 amide bonds. The lowest BCUT2D eigenvalue weighted by Gasteiger charge is -2.17. The number of benzene rings is 2. The molecule has 1 heterocycles. The summed E-state index contributed by atoms with van der Waals surface area (Å²) in [6.45, 7) is -0.135. The predicted molar refractivity (Wildman–Crippen MR) is 123 cm³/mol. The van der Waals surface area contributed by atoms with Gasteiger partial charge < -0.3 is 10.4 Å². The lowest BCUT2D eigenvalue weighted by molar-refractivity contribution is -0.120. The molecule has 0 saturated carbocycles. The molecule has 7 heteroatoms. The maximum atomic E-state index is 13.0. The molecular weight excluding hydrogens is 416 g/mol. The van der Waals surface area contributed by atoms with Gasteiger partial charge in [-0.15, -0.1) is 11.3 Å². The fraction of sp³-hybridized carbons (Fsp3) is 0.261. The van der Waals surface area contributed by atoms with Crippen LogP contribution in [0, 0.1) is 0 Å². The number of nitrogens with one attached hydrogen (secondary N) is 1. The number of thioether (sulfide) groups is 1. The van der Waals surface area contributed by atoms with E-state index >= 15 is 0 Å². The van der Waals surface area contributed by atoms with Crippen LogP contribution in [0.3, 0.4) is 0 Å². The molecule has 0 aliphatic rings. The Morgan fingerprint density at radius 1 is 1.17 bits per heavy atom. The lowest BCUT2D eigenvalue weighted by atomic mass is 10.1. The highest BCUT2D eigenvalue weighted by Gasteiger charge is 2.22. The van der Waals surface area contributed by atoms with E-state index < -0.39 is 6.04 Å². The van der Waals surface area contributed by atoms with Crippen molar-refractivity contribution in [3.63, 3.8) is 0 Å². The molecule has 1 atom stereocenters. The van der Waals surface area contributed by atoms with Crippen LogP contribution in [0.5, 0.6) is 0 Å². The van der Waals surface area contributed by atoms with Crippen LogP contribution in [0.1, 0.15) is 27.3 Å². The zero-order valence-electron chi connectivity index (χ0n) is 16.7. The van der Waals surface area contributed by atoms with E-state index in [1.807, 2.05) is 42.0 Å². The number of Topliss-reactive ketones (excluding diaryl/α,β-unsaturated/α-hetero) is 1. The van der Waals surface area contributed by atoms with Gasteiger partial charge in [-0.05, 0) is 36.1 Å². The third-order valence-corrected chi connectivity index (χ3v) is 6.12. The van der Waals surface area contributed by atoms with E-state index in [1.165, 1.54) is 11.3 Å². The number of thiazole rings is 1. The van der Waals surface area contributed by atoms with Gasteiger partial charge in [-0.3, -0.25) is 9.59 Å². The normalized spacial score (nSPS) is 11.8. The Bertz CT molecular complexity index is 989. The smallest absolute Gasteiger partial charge is 0.251 e. The molecule has 0 unspecified atom stereocenters. The van der Waals surface area contributed by atoms with Gasteiger partial charge in [-0.2, -0.15) is 11.8 Å². The zero-order chi connectivity index (χ0) is 21.3. The molecule has 5 nitrogen and oxygen atoms in total. The van der Waals surface area contributed by atoms with E-state index in [9.17, 15) is 14.7 Å². The fourth-order valence-electron chi connectivity index (χ4n) is 3.01. The minimum Gasteiger partial charge on any atom is -0.392 e. The number of carbonyl (C=O) groups excluding carboxylic acids is 2. The van der Waals surface area contributed by atoms with Crippen molar-refractivity contribution in [1.82, 2.24) is 10.3 Å². The van der Waals surface area contributed by atoms with Crippen LogP contribution in [0.2, 0.25) is 0 Å². The first-order valence-corrected chi connectivity index (χ1v) is 11.9. The van der Waals surface area contributed by atoms with Gasteiger partial charge in [0.2, 0.25) is 0 Å². The number of carbonyl (C=O) groups is 2. The molecule has 3 rings (SSSR count). The van der Waals surface area contributed by atoms with Crippen molar-refractivity contribution in [2.75, 3.05) is 12.0 Å². The van der Waals surface area contributed by atoms with Crippen LogP contribution in [-0.4, -0.2) is 39.8 Å². The van der Waals surface area contributed by atoms with Gasteiger partial charge in [0.1, 0.15) is 5.01 Å². The van der Waals surface area contributed by atoms with Gasteiger partial charge in [-0.25, -0.2) is 4.98 Å². The van der Waals surface area contributed by atoms with Crippen molar-refractivity contribution < 1.29 is 14.7 Å². The highest BCUT2D eigenvalue weighted by atomic mass is 32.2. The van der Waals surface area contributed by atoms with E-state index in [0.717, 1.165) is 22.0 Å². The van der Waals surface area contributed by atoms with Gasteiger partial charge in [0, 0.05) is 16.5 Å². The van der Waals surface area contributed by atoms with Gasteiger partial charge in [-0.1, -0.05) is 42.5 Å². The summed E-state index contributed by atoms with van der Waals surface area (Å²) in [5.41, 5.74) is 2.97. The first kappa shape index (κ1) is 22.2. The Morgan fingerprint density at radius 2 is 1.97 bits per heavy atom. The maximum Gasteiger partial charge on any atom is 0.251 e. The second-order valence-corrected chi connectivity index (χ2v) is 8.73. The second-order valence-electron chi connectivity index (χ2n) is 6.80. The molecular formula is C23H24N2O3S2. The van der Waals surface area contributed by atoms with Crippen molar-refractivity contribution in [3.05, 3.63) is 76.1 Å². The maximum absolute atomic E-state index is 13.0. The van der Waals surface area contributed by atoms with Crippen LogP contribution < -0.4 is 5.32 Å². The lowest BCUT2D eigenvalue weighted by Crippen LogP contribution is -2.42. The SMILES string of the molecule is CSCC[C@H](NC(=O)c1cccc(CO)c1)C(=O)Cc1nc(-c2ccccc2)cs1. The largest absolute Gasteiger partial charge is 0.392 e. The van der Waals surface area contributed by atoms with Crippen LogP contribution in [0.4, 0.5) is 0 Å². The van der Waals surface area contributed by atoms with Gasteiger partial charge in [0.25, 0.3) is 5.91 Å². The summed E-state index contributed by atoms with van der Waals surface area (Å²) in [5.74, 6) is 0.402. The van der Waals surface area contributed by atoms with Crippen LogP contribution in [0.15, 0.2) is 60.0 Å². The number of nitrogens with zero attached hydrogens (tertiary/aromatic N) is 1. The molecule has 1 aromatic heterocycles. The number of aliphatic hydroxyl groups is 1. The molecule has 2 N–H and O–H groups in total. The molecule has 2 aromatic carbocycles. The van der Waals surface area contributed by atoms with E-state index in [2.05, 4.69) is 10.3 Å². The van der Waals surface area contributed by atoms with Crippen molar-refractivity contribution >= 4 is 34.8 Å². The summed E-state index contributed by atoms with van der Waals surface area (Å²) in [6, 6.07) is 16.1. The first-order valence-electron chi connectivity index (χ1n) is 9.63. The first-order chi connectivity index (χ1) is 14.6.